The second-order valence-corrected chi connectivity index (χ2v) is 8.12. The minimum Gasteiger partial charge on any atom is -0.345 e. The van der Waals surface area contributed by atoms with Gasteiger partial charge in [0.1, 0.15) is 0 Å². The summed E-state index contributed by atoms with van der Waals surface area (Å²) in [5.41, 5.74) is 6.82. The Kier molecular flexibility index (Phi) is 6.26. The Morgan fingerprint density at radius 2 is 1.58 bits per heavy atom. The molecular formula is C24H29NS. The van der Waals surface area contributed by atoms with Gasteiger partial charge in [-0.05, 0) is 72.9 Å². The Labute approximate surface area is 162 Å². The van der Waals surface area contributed by atoms with E-state index in [9.17, 15) is 0 Å². The van der Waals surface area contributed by atoms with Crippen molar-refractivity contribution in [3.05, 3.63) is 77.5 Å². The van der Waals surface area contributed by atoms with Gasteiger partial charge in [-0.25, -0.2) is 0 Å². The van der Waals surface area contributed by atoms with Crippen LogP contribution in [0.5, 0.6) is 0 Å². The fraction of sp³-hybridized carbons (Fsp3) is 0.333. The van der Waals surface area contributed by atoms with Crippen molar-refractivity contribution < 1.29 is 0 Å². The molecule has 0 saturated heterocycles. The highest BCUT2D eigenvalue weighted by molar-refractivity contribution is 7.98. The monoisotopic (exact) mass is 363 g/mol. The third-order valence-corrected chi connectivity index (χ3v) is 5.82. The van der Waals surface area contributed by atoms with Crippen LogP contribution in [0.2, 0.25) is 0 Å². The lowest BCUT2D eigenvalue weighted by Crippen LogP contribution is -2.03. The van der Waals surface area contributed by atoms with E-state index in [4.69, 9.17) is 0 Å². The lowest BCUT2D eigenvalue weighted by atomic mass is 10.0. The molecule has 2 heteroatoms. The molecule has 0 aliphatic heterocycles. The highest BCUT2D eigenvalue weighted by atomic mass is 32.2. The van der Waals surface area contributed by atoms with Crippen LogP contribution in [0.15, 0.2) is 65.6 Å². The first-order valence-electron chi connectivity index (χ1n) is 9.48. The van der Waals surface area contributed by atoms with Gasteiger partial charge in [0, 0.05) is 22.8 Å². The molecule has 1 heterocycles. The van der Waals surface area contributed by atoms with E-state index in [2.05, 4.69) is 92.3 Å². The minimum absolute atomic E-state index is 0.603. The Bertz CT molecular complexity index is 826. The molecule has 0 amide bonds. The van der Waals surface area contributed by atoms with Crippen LogP contribution < -0.4 is 0 Å². The van der Waals surface area contributed by atoms with E-state index >= 15 is 0 Å². The van der Waals surface area contributed by atoms with Crippen LogP contribution in [0.3, 0.4) is 0 Å². The molecule has 0 bridgehead atoms. The second-order valence-electron chi connectivity index (χ2n) is 7.24. The zero-order valence-electron chi connectivity index (χ0n) is 16.3. The van der Waals surface area contributed by atoms with Gasteiger partial charge in [0.25, 0.3) is 0 Å². The van der Waals surface area contributed by atoms with Gasteiger partial charge in [-0.3, -0.25) is 0 Å². The number of hydrogen-bond donors (Lipinski definition) is 0. The predicted octanol–water partition coefficient (Wildman–Crippen LogP) is 6.94. The minimum atomic E-state index is 0.603. The van der Waals surface area contributed by atoms with Crippen LogP contribution in [-0.4, -0.2) is 10.8 Å². The topological polar surface area (TPSA) is 4.93 Å². The average molecular weight is 364 g/mol. The summed E-state index contributed by atoms with van der Waals surface area (Å²) in [6.45, 7) is 7.76. The highest BCUT2D eigenvalue weighted by Gasteiger charge is 2.08. The molecule has 2 aromatic carbocycles. The number of rotatable bonds is 7. The van der Waals surface area contributed by atoms with Crippen LogP contribution in [0.1, 0.15) is 43.0 Å². The normalized spacial score (nSPS) is 11.3. The van der Waals surface area contributed by atoms with Crippen molar-refractivity contribution in [2.45, 2.75) is 51.0 Å². The third kappa shape index (κ3) is 4.42. The average Bonchev–Trinajstić information content (AvgIpc) is 3.03. The quantitative estimate of drug-likeness (QED) is 0.411. The summed E-state index contributed by atoms with van der Waals surface area (Å²) < 4.78 is 2.45. The van der Waals surface area contributed by atoms with Gasteiger partial charge in [0.15, 0.2) is 0 Å². The van der Waals surface area contributed by atoms with Crippen molar-refractivity contribution in [2.75, 3.05) is 6.26 Å². The van der Waals surface area contributed by atoms with Gasteiger partial charge in [-0.1, -0.05) is 50.2 Å². The van der Waals surface area contributed by atoms with E-state index in [1.807, 2.05) is 0 Å². The van der Waals surface area contributed by atoms with Crippen LogP contribution in [0, 0.1) is 6.92 Å². The first-order chi connectivity index (χ1) is 12.6. The van der Waals surface area contributed by atoms with Crippen molar-refractivity contribution in [3.63, 3.8) is 0 Å². The zero-order valence-corrected chi connectivity index (χ0v) is 17.1. The Morgan fingerprint density at radius 1 is 0.885 bits per heavy atom. The molecule has 0 N–H and O–H groups in total. The summed E-state index contributed by atoms with van der Waals surface area (Å²) >= 11 is 1.79. The van der Waals surface area contributed by atoms with Gasteiger partial charge in [-0.15, -0.1) is 11.8 Å². The van der Waals surface area contributed by atoms with Gasteiger partial charge in [0.2, 0.25) is 0 Å². The summed E-state index contributed by atoms with van der Waals surface area (Å²) in [6, 6.07) is 22.5. The first-order valence-corrected chi connectivity index (χ1v) is 10.7. The molecule has 0 saturated carbocycles. The van der Waals surface area contributed by atoms with E-state index in [1.165, 1.54) is 33.0 Å². The second kappa shape index (κ2) is 8.64. The van der Waals surface area contributed by atoms with E-state index in [1.54, 1.807) is 11.8 Å². The smallest absolute Gasteiger partial charge is 0.0482 e. The Hall–Kier alpha value is -1.93. The molecular weight excluding hydrogens is 334 g/mol. The molecule has 1 aromatic heterocycles. The molecule has 0 fully saturated rings. The summed E-state index contributed by atoms with van der Waals surface area (Å²) in [5, 5.41) is 0. The fourth-order valence-corrected chi connectivity index (χ4v) is 3.80. The number of aromatic nitrogens is 1. The number of nitrogens with zero attached hydrogens (tertiary/aromatic N) is 1. The highest BCUT2D eigenvalue weighted by Crippen LogP contribution is 2.26. The van der Waals surface area contributed by atoms with Crippen molar-refractivity contribution in [2.24, 2.45) is 0 Å². The van der Waals surface area contributed by atoms with Crippen molar-refractivity contribution in [3.8, 4) is 11.3 Å². The number of aryl methyl sites for hydroxylation is 2. The summed E-state index contributed by atoms with van der Waals surface area (Å²) in [5.74, 6) is 0.603. The van der Waals surface area contributed by atoms with E-state index < -0.39 is 0 Å². The number of thioether (sulfide) groups is 1. The van der Waals surface area contributed by atoms with Crippen molar-refractivity contribution >= 4 is 11.8 Å². The standard InChI is InChI=1S/C24H29NS/c1-18(2)21-10-8-20(9-11-21)6-5-17-25-19(3)7-16-24(25)22-12-14-23(26-4)15-13-22/h7-16,18H,5-6,17H2,1-4H3. The van der Waals surface area contributed by atoms with E-state index in [0.717, 1.165) is 19.4 Å². The molecule has 0 unspecified atom stereocenters. The van der Waals surface area contributed by atoms with Gasteiger partial charge in [-0.2, -0.15) is 0 Å². The third-order valence-electron chi connectivity index (χ3n) is 5.08. The largest absolute Gasteiger partial charge is 0.345 e. The van der Waals surface area contributed by atoms with Crippen molar-refractivity contribution in [1.29, 1.82) is 0 Å². The molecule has 26 heavy (non-hydrogen) atoms. The lowest BCUT2D eigenvalue weighted by molar-refractivity contribution is 0.637. The molecule has 3 rings (SSSR count). The fourth-order valence-electron chi connectivity index (χ4n) is 3.39. The Balaban J connectivity index is 1.67. The van der Waals surface area contributed by atoms with Crippen LogP contribution >= 0.6 is 11.8 Å². The molecule has 3 aromatic rings. The summed E-state index contributed by atoms with van der Waals surface area (Å²) in [7, 11) is 0. The van der Waals surface area contributed by atoms with Crippen molar-refractivity contribution in [1.82, 2.24) is 4.57 Å². The molecule has 0 aliphatic carbocycles. The molecule has 136 valence electrons. The summed E-state index contributed by atoms with van der Waals surface area (Å²) in [6.07, 6.45) is 4.41. The zero-order chi connectivity index (χ0) is 18.5. The van der Waals surface area contributed by atoms with Gasteiger partial charge < -0.3 is 4.57 Å². The SMILES string of the molecule is CSc1ccc(-c2ccc(C)n2CCCc2ccc(C(C)C)cc2)cc1. The maximum absolute atomic E-state index is 2.45. The van der Waals surface area contributed by atoms with Crippen LogP contribution in [0.4, 0.5) is 0 Å². The summed E-state index contributed by atoms with van der Waals surface area (Å²) in [4.78, 5) is 1.31. The molecule has 1 nitrogen and oxygen atoms in total. The number of hydrogen-bond acceptors (Lipinski definition) is 1. The maximum Gasteiger partial charge on any atom is 0.0482 e. The maximum atomic E-state index is 2.45. The molecule has 0 aliphatic rings. The number of benzene rings is 2. The Morgan fingerprint density at radius 3 is 2.19 bits per heavy atom. The van der Waals surface area contributed by atoms with Gasteiger partial charge in [0.05, 0.1) is 0 Å². The molecule has 0 radical (unpaired) electrons. The van der Waals surface area contributed by atoms with E-state index in [-0.39, 0.29) is 0 Å². The van der Waals surface area contributed by atoms with E-state index in [0.29, 0.717) is 5.92 Å². The first kappa shape index (κ1) is 18.8. The van der Waals surface area contributed by atoms with Crippen LogP contribution in [0.25, 0.3) is 11.3 Å². The van der Waals surface area contributed by atoms with Crippen LogP contribution in [-0.2, 0) is 13.0 Å². The predicted molar refractivity (Wildman–Crippen MR) is 115 cm³/mol. The molecule has 0 spiro atoms. The lowest BCUT2D eigenvalue weighted by Gasteiger charge is -2.13. The molecule has 0 atom stereocenters. The van der Waals surface area contributed by atoms with Gasteiger partial charge >= 0.3 is 0 Å².